The number of ketones is 1. The maximum atomic E-state index is 11.0. The zero-order valence-electron chi connectivity index (χ0n) is 7.57. The Morgan fingerprint density at radius 3 is 2.07 bits per heavy atom. The van der Waals surface area contributed by atoms with E-state index in [9.17, 15) is 14.4 Å². The van der Waals surface area contributed by atoms with Crippen LogP contribution in [0.3, 0.4) is 0 Å². The number of esters is 1. The number of hydrogen-bond donors (Lipinski definition) is 1. The molecule has 0 amide bonds. The molecule has 0 aromatic heterocycles. The maximum absolute atomic E-state index is 11.0. The van der Waals surface area contributed by atoms with E-state index < -0.39 is 23.6 Å². The Labute approximate surface area is 104 Å². The Bertz CT molecular complexity index is 226. The van der Waals surface area contributed by atoms with Crippen molar-refractivity contribution in [3.63, 3.8) is 0 Å². The number of carbonyl (C=O) groups excluding carboxylic acids is 2. The van der Waals surface area contributed by atoms with E-state index in [1.165, 1.54) is 0 Å². The molecule has 0 aromatic carbocycles. The number of hydrogen-bond acceptors (Lipinski definition) is 4. The van der Waals surface area contributed by atoms with Crippen molar-refractivity contribution >= 4 is 47.3 Å². The van der Waals surface area contributed by atoms with Gasteiger partial charge in [0.05, 0.1) is 6.61 Å². The summed E-state index contributed by atoms with van der Waals surface area (Å²) < 4.78 is 4.54. The number of rotatable bonds is 5. The second-order valence-electron chi connectivity index (χ2n) is 2.38. The van der Waals surface area contributed by atoms with Gasteiger partial charge in [0.25, 0.3) is 5.78 Å². The number of carboxylic acids is 1. The van der Waals surface area contributed by atoms with Crippen LogP contribution in [0.25, 0.3) is 0 Å². The van der Waals surface area contributed by atoms with Gasteiger partial charge < -0.3 is 9.84 Å². The van der Waals surface area contributed by atoms with Gasteiger partial charge in [-0.1, -0.05) is 6.92 Å². The summed E-state index contributed by atoms with van der Waals surface area (Å²) in [6.07, 6.45) is 0.143. The molecule has 0 aromatic rings. The summed E-state index contributed by atoms with van der Waals surface area (Å²) in [6, 6.07) is 0. The molecule has 76 valence electrons. The van der Waals surface area contributed by atoms with Crippen molar-refractivity contribution in [2.24, 2.45) is 5.92 Å². The molecule has 0 fully saturated rings. The molecule has 0 rings (SSSR count). The fourth-order valence-corrected chi connectivity index (χ4v) is 0.851. The predicted molar refractivity (Wildman–Crippen MR) is 50.2 cm³/mol. The van der Waals surface area contributed by atoms with Crippen LogP contribution in [0.2, 0.25) is 0 Å². The third-order valence-electron chi connectivity index (χ3n) is 1.51. The van der Waals surface area contributed by atoms with Gasteiger partial charge in [0.15, 0.2) is 0 Å². The van der Waals surface area contributed by atoms with E-state index >= 15 is 0 Å². The molecule has 0 aliphatic carbocycles. The number of ether oxygens (including phenoxy) is 1. The van der Waals surface area contributed by atoms with Crippen LogP contribution in [-0.2, 0) is 19.1 Å². The molecule has 0 saturated carbocycles. The first kappa shape index (κ1) is 16.1. The van der Waals surface area contributed by atoms with Crippen molar-refractivity contribution in [2.45, 2.75) is 20.3 Å². The third-order valence-corrected chi connectivity index (χ3v) is 1.51. The summed E-state index contributed by atoms with van der Waals surface area (Å²) in [5.41, 5.74) is 0. The van der Waals surface area contributed by atoms with Gasteiger partial charge in [-0.25, -0.2) is 4.79 Å². The molecular weight excluding hydrogens is 199 g/mol. The Morgan fingerprint density at radius 1 is 1.29 bits per heavy atom. The minimum atomic E-state index is -1.60. The Morgan fingerprint density at radius 2 is 1.79 bits per heavy atom. The average molecular weight is 212 g/mol. The molecule has 6 heteroatoms. The van der Waals surface area contributed by atoms with Crippen molar-refractivity contribution < 1.29 is 24.2 Å². The first-order valence-corrected chi connectivity index (χ1v) is 3.98. The summed E-state index contributed by atoms with van der Waals surface area (Å²) >= 11 is 0. The SMILES string of the molecule is CCOC(=O)C(CC)C(=O)C(=O)O.[NaH]. The molecular formula is C8H13NaO5. The van der Waals surface area contributed by atoms with Gasteiger partial charge >= 0.3 is 41.5 Å². The number of carboxylic acid groups (broad SMARTS) is 1. The molecule has 1 unspecified atom stereocenters. The molecule has 5 nitrogen and oxygen atoms in total. The number of Topliss-reactive ketones (excluding diaryl/α,β-unsaturated/α-hetero) is 1. The average Bonchev–Trinajstić information content (AvgIpc) is 2.05. The fourth-order valence-electron chi connectivity index (χ4n) is 0.851. The van der Waals surface area contributed by atoms with Gasteiger partial charge in [-0.2, -0.15) is 0 Å². The van der Waals surface area contributed by atoms with Crippen LogP contribution in [0.4, 0.5) is 0 Å². The molecule has 14 heavy (non-hydrogen) atoms. The van der Waals surface area contributed by atoms with Crippen molar-refractivity contribution in [3.8, 4) is 0 Å². The predicted octanol–water partition coefficient (Wildman–Crippen LogP) is -0.419. The van der Waals surface area contributed by atoms with E-state index in [0.717, 1.165) is 0 Å². The number of aliphatic carboxylic acids is 1. The third kappa shape index (κ3) is 4.74. The van der Waals surface area contributed by atoms with E-state index in [1.54, 1.807) is 13.8 Å². The monoisotopic (exact) mass is 212 g/mol. The van der Waals surface area contributed by atoms with E-state index in [0.29, 0.717) is 0 Å². The van der Waals surface area contributed by atoms with Crippen molar-refractivity contribution in [1.82, 2.24) is 0 Å². The van der Waals surface area contributed by atoms with E-state index in [2.05, 4.69) is 4.74 Å². The standard InChI is InChI=1S/C8H12O5.Na.H/c1-3-5(6(9)7(10)11)8(12)13-4-2;;/h5H,3-4H2,1-2H3,(H,10,11);;. The minimum absolute atomic E-state index is 0. The van der Waals surface area contributed by atoms with Crippen molar-refractivity contribution in [2.75, 3.05) is 6.61 Å². The van der Waals surface area contributed by atoms with Gasteiger partial charge in [0, 0.05) is 0 Å². The molecule has 0 heterocycles. The molecule has 0 bridgehead atoms. The first-order valence-electron chi connectivity index (χ1n) is 3.98. The van der Waals surface area contributed by atoms with Crippen LogP contribution in [-0.4, -0.2) is 59.0 Å². The van der Waals surface area contributed by atoms with Gasteiger partial charge in [0.1, 0.15) is 5.92 Å². The fraction of sp³-hybridized carbons (Fsp3) is 0.625. The zero-order valence-corrected chi connectivity index (χ0v) is 7.57. The Hall–Kier alpha value is -0.390. The molecule has 0 aliphatic rings. The quantitative estimate of drug-likeness (QED) is 0.290. The molecule has 0 radical (unpaired) electrons. The van der Waals surface area contributed by atoms with Crippen LogP contribution in [0.1, 0.15) is 20.3 Å². The topological polar surface area (TPSA) is 80.7 Å². The summed E-state index contributed by atoms with van der Waals surface area (Å²) in [5, 5.41) is 8.34. The molecule has 0 saturated heterocycles. The van der Waals surface area contributed by atoms with Gasteiger partial charge in [-0.05, 0) is 13.3 Å². The van der Waals surface area contributed by atoms with E-state index in [1.807, 2.05) is 0 Å². The summed E-state index contributed by atoms with van der Waals surface area (Å²) in [4.78, 5) is 32.2. The van der Waals surface area contributed by atoms with Crippen LogP contribution in [0.15, 0.2) is 0 Å². The van der Waals surface area contributed by atoms with Crippen molar-refractivity contribution in [3.05, 3.63) is 0 Å². The summed E-state index contributed by atoms with van der Waals surface area (Å²) in [7, 11) is 0. The molecule has 0 spiro atoms. The van der Waals surface area contributed by atoms with Gasteiger partial charge in [0.2, 0.25) is 0 Å². The Kier molecular flexibility index (Phi) is 9.13. The molecule has 1 N–H and O–H groups in total. The normalized spacial score (nSPS) is 11.0. The van der Waals surface area contributed by atoms with E-state index in [-0.39, 0.29) is 42.6 Å². The Balaban J connectivity index is 0. The van der Waals surface area contributed by atoms with E-state index in [4.69, 9.17) is 5.11 Å². The summed E-state index contributed by atoms with van der Waals surface area (Å²) in [6.45, 7) is 3.29. The van der Waals surface area contributed by atoms with Crippen LogP contribution >= 0.6 is 0 Å². The van der Waals surface area contributed by atoms with Crippen LogP contribution in [0.5, 0.6) is 0 Å². The van der Waals surface area contributed by atoms with Gasteiger partial charge in [-0.3, -0.25) is 9.59 Å². The second kappa shape index (κ2) is 7.96. The van der Waals surface area contributed by atoms with Crippen LogP contribution < -0.4 is 0 Å². The van der Waals surface area contributed by atoms with Crippen molar-refractivity contribution in [1.29, 1.82) is 0 Å². The second-order valence-corrected chi connectivity index (χ2v) is 2.38. The van der Waals surface area contributed by atoms with Gasteiger partial charge in [-0.15, -0.1) is 0 Å². The zero-order chi connectivity index (χ0) is 10.4. The molecule has 0 aliphatic heterocycles. The summed E-state index contributed by atoms with van der Waals surface area (Å²) in [5.74, 6) is -4.64. The number of carbonyl (C=O) groups is 3. The first-order chi connectivity index (χ1) is 6.04. The molecule has 1 atom stereocenters. The van der Waals surface area contributed by atoms with Crippen LogP contribution in [0, 0.1) is 5.92 Å².